The Kier molecular flexibility index (Phi) is 6.81. The lowest BCUT2D eigenvalue weighted by Crippen LogP contribution is -2.32. The number of likely N-dealkylation sites (N-methyl/N-ethyl adjacent to an activating group) is 1. The molecule has 18 heavy (non-hydrogen) atoms. The predicted molar refractivity (Wildman–Crippen MR) is 73.2 cm³/mol. The van der Waals surface area contributed by atoms with Gasteiger partial charge in [0.15, 0.2) is 5.78 Å². The SMILES string of the molecule is CN(CCO)CCOB(O)C1=CC(Br)=CCC1=O. The number of hydrogen-bond donors (Lipinski definition) is 2. The molecule has 0 amide bonds. The Balaban J connectivity index is 2.38. The minimum atomic E-state index is -1.19. The predicted octanol–water partition coefficient (Wildman–Crippen LogP) is 0.125. The number of allylic oxidation sites excluding steroid dienone is 4. The number of aliphatic hydroxyl groups excluding tert-OH is 1. The molecule has 0 saturated heterocycles. The first-order valence-corrected chi connectivity index (χ1v) is 6.53. The second-order valence-corrected chi connectivity index (χ2v) is 4.98. The summed E-state index contributed by atoms with van der Waals surface area (Å²) in [5.74, 6) is -0.130. The quantitative estimate of drug-likeness (QED) is 0.653. The Labute approximate surface area is 115 Å². The van der Waals surface area contributed by atoms with Crippen molar-refractivity contribution in [2.45, 2.75) is 6.42 Å². The lowest BCUT2D eigenvalue weighted by molar-refractivity contribution is -0.114. The molecule has 100 valence electrons. The highest BCUT2D eigenvalue weighted by atomic mass is 79.9. The normalized spacial score (nSPS) is 15.7. The van der Waals surface area contributed by atoms with Gasteiger partial charge in [-0.05, 0) is 13.1 Å². The molecule has 2 N–H and O–H groups in total. The molecule has 1 aliphatic rings. The molecule has 5 nitrogen and oxygen atoms in total. The molecule has 0 fully saturated rings. The van der Waals surface area contributed by atoms with E-state index in [1.807, 2.05) is 11.9 Å². The van der Waals surface area contributed by atoms with E-state index in [1.165, 1.54) is 0 Å². The van der Waals surface area contributed by atoms with Gasteiger partial charge in [0.05, 0.1) is 6.61 Å². The highest BCUT2D eigenvalue weighted by Gasteiger charge is 2.27. The van der Waals surface area contributed by atoms with Gasteiger partial charge in [0.1, 0.15) is 0 Å². The first-order valence-electron chi connectivity index (χ1n) is 5.74. The van der Waals surface area contributed by atoms with E-state index >= 15 is 0 Å². The Morgan fingerprint density at radius 3 is 2.94 bits per heavy atom. The lowest BCUT2D eigenvalue weighted by atomic mass is 9.73. The summed E-state index contributed by atoms with van der Waals surface area (Å²) in [6.45, 7) is 1.51. The average molecular weight is 318 g/mol. The van der Waals surface area contributed by atoms with Crippen molar-refractivity contribution in [3.8, 4) is 0 Å². The third kappa shape index (κ3) is 5.03. The first-order chi connectivity index (χ1) is 8.54. The van der Waals surface area contributed by atoms with Crippen LogP contribution in [0, 0.1) is 0 Å². The van der Waals surface area contributed by atoms with Crippen molar-refractivity contribution in [2.75, 3.05) is 33.4 Å². The summed E-state index contributed by atoms with van der Waals surface area (Å²) in [4.78, 5) is 13.4. The second kappa shape index (κ2) is 7.86. The summed E-state index contributed by atoms with van der Waals surface area (Å²) < 4.78 is 5.99. The van der Waals surface area contributed by atoms with Gasteiger partial charge in [0, 0.05) is 36.1 Å². The van der Waals surface area contributed by atoms with E-state index in [-0.39, 0.29) is 24.3 Å². The van der Waals surface area contributed by atoms with Gasteiger partial charge in [-0.15, -0.1) is 0 Å². The highest BCUT2D eigenvalue weighted by Crippen LogP contribution is 2.20. The molecule has 0 bridgehead atoms. The number of rotatable bonds is 7. The fraction of sp³-hybridized carbons (Fsp3) is 0.545. The number of halogens is 1. The van der Waals surface area contributed by atoms with Gasteiger partial charge in [-0.2, -0.15) is 0 Å². The van der Waals surface area contributed by atoms with Crippen molar-refractivity contribution in [1.82, 2.24) is 4.90 Å². The van der Waals surface area contributed by atoms with E-state index in [0.29, 0.717) is 19.7 Å². The van der Waals surface area contributed by atoms with Gasteiger partial charge in [-0.3, -0.25) is 4.79 Å². The van der Waals surface area contributed by atoms with Crippen molar-refractivity contribution >= 4 is 28.8 Å². The molecule has 0 aromatic rings. The molecule has 0 atom stereocenters. The number of ketones is 1. The first kappa shape index (κ1) is 15.6. The molecule has 1 aliphatic carbocycles. The third-order valence-electron chi connectivity index (χ3n) is 2.59. The standard InChI is InChI=1S/C11H17BBrNO4/c1-14(4-6-15)5-7-18-12(17)10-8-9(13)2-3-11(10)16/h2,8,15,17H,3-7H2,1H3. The number of aliphatic hydroxyl groups is 1. The fourth-order valence-electron chi connectivity index (χ4n) is 1.50. The molecule has 0 heterocycles. The molecule has 0 radical (unpaired) electrons. The van der Waals surface area contributed by atoms with E-state index in [0.717, 1.165) is 4.48 Å². The van der Waals surface area contributed by atoms with Crippen LogP contribution in [0.1, 0.15) is 6.42 Å². The minimum Gasteiger partial charge on any atom is -0.423 e. The molecule has 1 rings (SSSR count). The van der Waals surface area contributed by atoms with Crippen LogP contribution in [0.2, 0.25) is 0 Å². The van der Waals surface area contributed by atoms with Crippen molar-refractivity contribution in [3.63, 3.8) is 0 Å². The molecule has 0 aromatic carbocycles. The van der Waals surface area contributed by atoms with Gasteiger partial charge in [-0.25, -0.2) is 0 Å². The van der Waals surface area contributed by atoms with Crippen LogP contribution in [0.15, 0.2) is 22.1 Å². The third-order valence-corrected chi connectivity index (χ3v) is 3.15. The second-order valence-electron chi connectivity index (χ2n) is 4.07. The van der Waals surface area contributed by atoms with Crippen LogP contribution in [0.25, 0.3) is 0 Å². The van der Waals surface area contributed by atoms with E-state index in [2.05, 4.69) is 15.9 Å². The highest BCUT2D eigenvalue weighted by molar-refractivity contribution is 9.11. The average Bonchev–Trinajstić information content (AvgIpc) is 2.32. The molecule has 0 spiro atoms. The van der Waals surface area contributed by atoms with E-state index in [1.54, 1.807) is 12.2 Å². The zero-order chi connectivity index (χ0) is 13.5. The van der Waals surface area contributed by atoms with Crippen LogP contribution in [0.3, 0.4) is 0 Å². The fourth-order valence-corrected chi connectivity index (χ4v) is 1.91. The molecular weight excluding hydrogens is 301 g/mol. The maximum Gasteiger partial charge on any atom is 0.494 e. The van der Waals surface area contributed by atoms with Gasteiger partial charge in [0.25, 0.3) is 0 Å². The molecule has 0 aromatic heterocycles. The Hall–Kier alpha value is -0.465. The van der Waals surface area contributed by atoms with Crippen molar-refractivity contribution in [2.24, 2.45) is 0 Å². The summed E-state index contributed by atoms with van der Waals surface area (Å²) in [6, 6.07) is 0. The Morgan fingerprint density at radius 1 is 1.56 bits per heavy atom. The summed E-state index contributed by atoms with van der Waals surface area (Å²) in [5, 5.41) is 18.5. The smallest absolute Gasteiger partial charge is 0.423 e. The topological polar surface area (TPSA) is 70.0 Å². The number of carbonyl (C=O) groups excluding carboxylic acids is 1. The maximum absolute atomic E-state index is 11.6. The summed E-state index contributed by atoms with van der Waals surface area (Å²) >= 11 is 3.27. The zero-order valence-electron chi connectivity index (χ0n) is 10.3. The molecular formula is C11H17BBrNO4. The van der Waals surface area contributed by atoms with Crippen LogP contribution in [0.5, 0.6) is 0 Å². The maximum atomic E-state index is 11.6. The summed E-state index contributed by atoms with van der Waals surface area (Å²) in [6.07, 6.45) is 3.60. The minimum absolute atomic E-state index is 0.0838. The van der Waals surface area contributed by atoms with Crippen LogP contribution in [0.4, 0.5) is 0 Å². The van der Waals surface area contributed by atoms with Gasteiger partial charge in [0.2, 0.25) is 0 Å². The van der Waals surface area contributed by atoms with E-state index < -0.39 is 7.12 Å². The van der Waals surface area contributed by atoms with Gasteiger partial charge >= 0.3 is 7.12 Å². The van der Waals surface area contributed by atoms with Gasteiger partial charge < -0.3 is 19.7 Å². The van der Waals surface area contributed by atoms with Crippen molar-refractivity contribution < 1.29 is 19.6 Å². The van der Waals surface area contributed by atoms with Crippen molar-refractivity contribution in [3.05, 3.63) is 22.1 Å². The number of hydrogen-bond acceptors (Lipinski definition) is 5. The van der Waals surface area contributed by atoms with Crippen LogP contribution >= 0.6 is 15.9 Å². The van der Waals surface area contributed by atoms with Crippen LogP contribution in [-0.4, -0.2) is 61.3 Å². The Morgan fingerprint density at radius 2 is 2.28 bits per heavy atom. The largest absolute Gasteiger partial charge is 0.494 e. The summed E-state index contributed by atoms with van der Waals surface area (Å²) in [7, 11) is 0.650. The number of nitrogens with zero attached hydrogens (tertiary/aromatic N) is 1. The van der Waals surface area contributed by atoms with Crippen LogP contribution in [-0.2, 0) is 9.45 Å². The van der Waals surface area contributed by atoms with Crippen LogP contribution < -0.4 is 0 Å². The molecule has 0 saturated carbocycles. The monoisotopic (exact) mass is 317 g/mol. The van der Waals surface area contributed by atoms with Crippen molar-refractivity contribution in [1.29, 1.82) is 0 Å². The lowest BCUT2D eigenvalue weighted by Gasteiger charge is -2.17. The number of Topliss-reactive ketones (excluding diaryl/α,β-unsaturated/α-hetero) is 1. The molecule has 0 aliphatic heterocycles. The summed E-state index contributed by atoms with van der Waals surface area (Å²) in [5.41, 5.74) is 0.272. The van der Waals surface area contributed by atoms with E-state index in [9.17, 15) is 9.82 Å². The Bertz CT molecular complexity index is 359. The van der Waals surface area contributed by atoms with E-state index in [4.69, 9.17) is 9.76 Å². The van der Waals surface area contributed by atoms with Gasteiger partial charge in [-0.1, -0.05) is 22.0 Å². The molecule has 0 unspecified atom stereocenters. The molecule has 7 heteroatoms. The zero-order valence-corrected chi connectivity index (χ0v) is 11.9. The number of carbonyl (C=O) groups is 1.